The smallest absolute Gasteiger partial charge is 0.244 e. The van der Waals surface area contributed by atoms with Crippen molar-refractivity contribution < 1.29 is 4.79 Å². The minimum Gasteiger partial charge on any atom is -0.344 e. The van der Waals surface area contributed by atoms with E-state index < -0.39 is 0 Å². The summed E-state index contributed by atoms with van der Waals surface area (Å²) >= 11 is 1.55. The number of amides is 1. The molecule has 0 fully saturated rings. The van der Waals surface area contributed by atoms with Gasteiger partial charge in [-0.3, -0.25) is 9.48 Å². The van der Waals surface area contributed by atoms with Crippen molar-refractivity contribution in [3.8, 4) is 11.3 Å². The zero-order valence-corrected chi connectivity index (χ0v) is 14.3. The second kappa shape index (κ2) is 7.23. The SMILES string of the molecule is CC(NC(=O)C=Cc1cnn(C)c1)c1nc(-c2ccccc2)cs1. The Balaban J connectivity index is 1.62. The second-order valence-corrected chi connectivity index (χ2v) is 6.34. The first-order valence-electron chi connectivity index (χ1n) is 7.60. The molecule has 0 aliphatic carbocycles. The third-order valence-corrected chi connectivity index (χ3v) is 4.50. The van der Waals surface area contributed by atoms with Crippen LogP contribution < -0.4 is 5.32 Å². The summed E-state index contributed by atoms with van der Waals surface area (Å²) in [7, 11) is 1.84. The highest BCUT2D eigenvalue weighted by molar-refractivity contribution is 7.10. The van der Waals surface area contributed by atoms with E-state index in [1.807, 2.05) is 55.9 Å². The number of hydrogen-bond acceptors (Lipinski definition) is 4. The van der Waals surface area contributed by atoms with Gasteiger partial charge in [0.15, 0.2) is 0 Å². The van der Waals surface area contributed by atoms with Crippen LogP contribution in [-0.2, 0) is 11.8 Å². The molecule has 3 aromatic rings. The Bertz CT molecular complexity index is 851. The molecule has 24 heavy (non-hydrogen) atoms. The zero-order chi connectivity index (χ0) is 16.9. The summed E-state index contributed by atoms with van der Waals surface area (Å²) in [5.41, 5.74) is 2.90. The van der Waals surface area contributed by atoms with E-state index in [1.165, 1.54) is 6.08 Å². The van der Waals surface area contributed by atoms with Gasteiger partial charge in [-0.2, -0.15) is 5.10 Å². The summed E-state index contributed by atoms with van der Waals surface area (Å²) in [6.45, 7) is 1.93. The molecular weight excluding hydrogens is 320 g/mol. The molecule has 0 radical (unpaired) electrons. The maximum atomic E-state index is 12.0. The van der Waals surface area contributed by atoms with Gasteiger partial charge in [-0.1, -0.05) is 30.3 Å². The largest absolute Gasteiger partial charge is 0.344 e. The molecule has 1 unspecified atom stereocenters. The van der Waals surface area contributed by atoms with Crippen LogP contribution in [0.3, 0.4) is 0 Å². The van der Waals surface area contributed by atoms with Crippen molar-refractivity contribution >= 4 is 23.3 Å². The maximum Gasteiger partial charge on any atom is 0.244 e. The van der Waals surface area contributed by atoms with Crippen molar-refractivity contribution in [2.75, 3.05) is 0 Å². The van der Waals surface area contributed by atoms with E-state index in [-0.39, 0.29) is 11.9 Å². The third-order valence-electron chi connectivity index (χ3n) is 3.47. The Morgan fingerprint density at radius 3 is 2.83 bits per heavy atom. The Labute approximate surface area is 144 Å². The fourth-order valence-electron chi connectivity index (χ4n) is 2.25. The summed E-state index contributed by atoms with van der Waals surface area (Å²) in [6, 6.07) is 9.87. The molecule has 0 aliphatic heterocycles. The lowest BCUT2D eigenvalue weighted by molar-refractivity contribution is -0.117. The lowest BCUT2D eigenvalue weighted by atomic mass is 10.2. The average molecular weight is 338 g/mol. The van der Waals surface area contributed by atoms with E-state index in [1.54, 1.807) is 28.3 Å². The number of aryl methyl sites for hydroxylation is 1. The van der Waals surface area contributed by atoms with Crippen molar-refractivity contribution in [2.24, 2.45) is 7.05 Å². The highest BCUT2D eigenvalue weighted by Gasteiger charge is 2.12. The number of carbonyl (C=O) groups is 1. The van der Waals surface area contributed by atoms with Crippen molar-refractivity contribution in [3.05, 3.63) is 64.8 Å². The highest BCUT2D eigenvalue weighted by atomic mass is 32.1. The number of aromatic nitrogens is 3. The van der Waals surface area contributed by atoms with Gasteiger partial charge in [-0.15, -0.1) is 11.3 Å². The Hall–Kier alpha value is -2.73. The number of thiazole rings is 1. The zero-order valence-electron chi connectivity index (χ0n) is 13.5. The van der Waals surface area contributed by atoms with Crippen molar-refractivity contribution in [1.29, 1.82) is 0 Å². The first kappa shape index (κ1) is 16.1. The van der Waals surface area contributed by atoms with E-state index in [4.69, 9.17) is 0 Å². The summed E-state index contributed by atoms with van der Waals surface area (Å²) in [5.74, 6) is -0.150. The van der Waals surface area contributed by atoms with Gasteiger partial charge in [0.25, 0.3) is 0 Å². The van der Waals surface area contributed by atoms with Gasteiger partial charge in [-0.05, 0) is 13.0 Å². The number of hydrogen-bond donors (Lipinski definition) is 1. The minimum absolute atomic E-state index is 0.140. The van der Waals surface area contributed by atoms with E-state index >= 15 is 0 Å². The van der Waals surface area contributed by atoms with Gasteiger partial charge in [0.1, 0.15) is 5.01 Å². The van der Waals surface area contributed by atoms with Gasteiger partial charge < -0.3 is 5.32 Å². The van der Waals surface area contributed by atoms with E-state index in [0.717, 1.165) is 21.8 Å². The fourth-order valence-corrected chi connectivity index (χ4v) is 3.08. The molecule has 3 rings (SSSR count). The highest BCUT2D eigenvalue weighted by Crippen LogP contribution is 2.25. The summed E-state index contributed by atoms with van der Waals surface area (Å²) < 4.78 is 1.70. The quantitative estimate of drug-likeness (QED) is 0.725. The van der Waals surface area contributed by atoms with E-state index in [0.29, 0.717) is 0 Å². The maximum absolute atomic E-state index is 12.0. The predicted molar refractivity (Wildman–Crippen MR) is 96.3 cm³/mol. The topological polar surface area (TPSA) is 59.8 Å². The molecule has 1 aromatic carbocycles. The van der Waals surface area contributed by atoms with Crippen molar-refractivity contribution in [1.82, 2.24) is 20.1 Å². The lowest BCUT2D eigenvalue weighted by Gasteiger charge is -2.08. The molecule has 2 aromatic heterocycles. The number of carbonyl (C=O) groups excluding carboxylic acids is 1. The molecule has 6 heteroatoms. The van der Waals surface area contributed by atoms with Gasteiger partial charge >= 0.3 is 0 Å². The van der Waals surface area contributed by atoms with Crippen LogP contribution in [0.2, 0.25) is 0 Å². The Morgan fingerprint density at radius 1 is 1.33 bits per heavy atom. The van der Waals surface area contributed by atoms with Crippen LogP contribution in [0, 0.1) is 0 Å². The van der Waals surface area contributed by atoms with Crippen LogP contribution in [0.1, 0.15) is 23.5 Å². The van der Waals surface area contributed by atoms with E-state index in [2.05, 4.69) is 15.4 Å². The Morgan fingerprint density at radius 2 is 2.12 bits per heavy atom. The molecule has 0 spiro atoms. The van der Waals surface area contributed by atoms with Gasteiger partial charge in [0.05, 0.1) is 17.9 Å². The number of nitrogens with zero attached hydrogens (tertiary/aromatic N) is 3. The van der Waals surface area contributed by atoms with Crippen molar-refractivity contribution in [3.63, 3.8) is 0 Å². The van der Waals surface area contributed by atoms with E-state index in [9.17, 15) is 4.79 Å². The number of nitrogens with one attached hydrogen (secondary N) is 1. The minimum atomic E-state index is -0.150. The summed E-state index contributed by atoms with van der Waals surface area (Å²) in [6.07, 6.45) is 6.81. The summed E-state index contributed by atoms with van der Waals surface area (Å²) in [5, 5.41) is 9.89. The second-order valence-electron chi connectivity index (χ2n) is 5.45. The molecule has 1 atom stereocenters. The standard InChI is InChI=1S/C18H18N4OS/c1-13(20-17(23)9-8-14-10-19-22(2)11-14)18-21-16(12-24-18)15-6-4-3-5-7-15/h3-13H,1-2H3,(H,20,23). The third kappa shape index (κ3) is 3.97. The van der Waals surface area contributed by atoms with Gasteiger partial charge in [-0.25, -0.2) is 4.98 Å². The molecule has 2 heterocycles. The molecule has 0 saturated carbocycles. The van der Waals surface area contributed by atoms with Crippen LogP contribution in [-0.4, -0.2) is 20.7 Å². The normalized spacial score (nSPS) is 12.4. The average Bonchev–Trinajstić information content (AvgIpc) is 3.23. The van der Waals surface area contributed by atoms with Crippen LogP contribution in [0.15, 0.2) is 54.2 Å². The molecule has 1 amide bonds. The number of rotatable bonds is 5. The summed E-state index contributed by atoms with van der Waals surface area (Å²) in [4.78, 5) is 16.7. The molecule has 1 N–H and O–H groups in total. The molecule has 122 valence electrons. The lowest BCUT2D eigenvalue weighted by Crippen LogP contribution is -2.24. The first-order chi connectivity index (χ1) is 11.6. The number of benzene rings is 1. The molecular formula is C18H18N4OS. The molecule has 0 aliphatic rings. The van der Waals surface area contributed by atoms with Crippen LogP contribution in [0.5, 0.6) is 0 Å². The molecule has 0 saturated heterocycles. The fraction of sp³-hybridized carbons (Fsp3) is 0.167. The molecule has 0 bridgehead atoms. The van der Waals surface area contributed by atoms with Gasteiger partial charge in [0.2, 0.25) is 5.91 Å². The Kier molecular flexibility index (Phi) is 4.86. The van der Waals surface area contributed by atoms with Crippen LogP contribution in [0.25, 0.3) is 17.3 Å². The monoisotopic (exact) mass is 338 g/mol. The van der Waals surface area contributed by atoms with Gasteiger partial charge in [0, 0.05) is 35.8 Å². The first-order valence-corrected chi connectivity index (χ1v) is 8.48. The van der Waals surface area contributed by atoms with Crippen LogP contribution >= 0.6 is 11.3 Å². The predicted octanol–water partition coefficient (Wildman–Crippen LogP) is 3.43. The van der Waals surface area contributed by atoms with Crippen molar-refractivity contribution in [2.45, 2.75) is 13.0 Å². The van der Waals surface area contributed by atoms with Crippen LogP contribution in [0.4, 0.5) is 0 Å². The molecule has 5 nitrogen and oxygen atoms in total.